The Labute approximate surface area is 182 Å². The summed E-state index contributed by atoms with van der Waals surface area (Å²) in [6.45, 7) is -0.180. The van der Waals surface area contributed by atoms with Gasteiger partial charge in [0.05, 0.1) is 19.1 Å². The third-order valence-corrected chi connectivity index (χ3v) is 5.60. The molecule has 150 valence electrons. The summed E-state index contributed by atoms with van der Waals surface area (Å²) in [4.78, 5) is 26.8. The fourth-order valence-electron chi connectivity index (χ4n) is 2.64. The Kier molecular flexibility index (Phi) is 6.79. The van der Waals surface area contributed by atoms with E-state index in [1.165, 1.54) is 4.90 Å². The average molecular weight is 449 g/mol. The minimum atomic E-state index is -0.365. The number of benzene rings is 2. The maximum Gasteiger partial charge on any atom is 0.266 e. The lowest BCUT2D eigenvalue weighted by Gasteiger charge is -2.14. The number of carbonyl (C=O) groups is 2. The molecule has 29 heavy (non-hydrogen) atoms. The van der Waals surface area contributed by atoms with Crippen molar-refractivity contribution in [1.82, 2.24) is 4.90 Å². The van der Waals surface area contributed by atoms with Gasteiger partial charge < -0.3 is 14.8 Å². The van der Waals surface area contributed by atoms with Crippen LogP contribution in [0.25, 0.3) is 6.08 Å². The van der Waals surface area contributed by atoms with Crippen LogP contribution >= 0.6 is 35.6 Å². The van der Waals surface area contributed by atoms with Crippen LogP contribution in [0.1, 0.15) is 5.56 Å². The first kappa shape index (κ1) is 21.2. The van der Waals surface area contributed by atoms with Crippen LogP contribution in [0.3, 0.4) is 0 Å². The lowest BCUT2D eigenvalue weighted by molar-refractivity contribution is -0.126. The van der Waals surface area contributed by atoms with E-state index in [0.717, 1.165) is 17.3 Å². The van der Waals surface area contributed by atoms with Gasteiger partial charge in [-0.2, -0.15) is 0 Å². The highest BCUT2D eigenvalue weighted by molar-refractivity contribution is 8.26. The van der Waals surface area contributed by atoms with E-state index >= 15 is 0 Å². The summed E-state index contributed by atoms with van der Waals surface area (Å²) in [5, 5.41) is 3.21. The predicted octanol–water partition coefficient (Wildman–Crippen LogP) is 4.20. The molecule has 0 unspecified atom stereocenters. The summed E-state index contributed by atoms with van der Waals surface area (Å²) in [5.41, 5.74) is 1.31. The highest BCUT2D eigenvalue weighted by Gasteiger charge is 2.33. The highest BCUT2D eigenvalue weighted by Crippen LogP contribution is 2.34. The van der Waals surface area contributed by atoms with Gasteiger partial charge in [0.1, 0.15) is 10.9 Å². The number of carbonyl (C=O) groups excluding carboxylic acids is 2. The molecule has 0 aliphatic carbocycles. The van der Waals surface area contributed by atoms with Crippen molar-refractivity contribution < 1.29 is 19.1 Å². The molecular formula is C20H17ClN2O4S2. The van der Waals surface area contributed by atoms with Crippen molar-refractivity contribution >= 4 is 63.5 Å². The van der Waals surface area contributed by atoms with E-state index in [1.807, 2.05) is 0 Å². The monoisotopic (exact) mass is 448 g/mol. The van der Waals surface area contributed by atoms with Crippen molar-refractivity contribution in [2.24, 2.45) is 0 Å². The van der Waals surface area contributed by atoms with Crippen molar-refractivity contribution in [3.8, 4) is 11.5 Å². The van der Waals surface area contributed by atoms with Gasteiger partial charge in [0.25, 0.3) is 5.91 Å². The number of thioether (sulfide) groups is 1. The van der Waals surface area contributed by atoms with Crippen LogP contribution in [0.4, 0.5) is 5.69 Å². The molecule has 2 amide bonds. The zero-order valence-corrected chi connectivity index (χ0v) is 18.0. The van der Waals surface area contributed by atoms with Crippen molar-refractivity contribution in [3.63, 3.8) is 0 Å². The Bertz CT molecular complexity index is 1010. The molecule has 1 N–H and O–H groups in total. The molecule has 1 heterocycles. The molecule has 2 aromatic rings. The van der Waals surface area contributed by atoms with Gasteiger partial charge in [-0.05, 0) is 42.0 Å². The van der Waals surface area contributed by atoms with Gasteiger partial charge in [0.2, 0.25) is 5.91 Å². The van der Waals surface area contributed by atoms with Gasteiger partial charge in [-0.3, -0.25) is 14.5 Å². The molecule has 1 aliphatic heterocycles. The minimum absolute atomic E-state index is 0.180. The van der Waals surface area contributed by atoms with Crippen LogP contribution in [0, 0.1) is 0 Å². The van der Waals surface area contributed by atoms with Gasteiger partial charge in [-0.1, -0.05) is 47.7 Å². The van der Waals surface area contributed by atoms with Gasteiger partial charge in [-0.15, -0.1) is 0 Å². The van der Waals surface area contributed by atoms with E-state index in [-0.39, 0.29) is 18.4 Å². The van der Waals surface area contributed by atoms with E-state index in [9.17, 15) is 9.59 Å². The second-order valence-corrected chi connectivity index (χ2v) is 8.05. The fraction of sp³-hybridized carbons (Fsp3) is 0.150. The third kappa shape index (κ3) is 5.09. The normalized spacial score (nSPS) is 15.0. The van der Waals surface area contributed by atoms with Gasteiger partial charge in [0, 0.05) is 10.7 Å². The van der Waals surface area contributed by atoms with Gasteiger partial charge in [-0.25, -0.2) is 0 Å². The third-order valence-electron chi connectivity index (χ3n) is 3.99. The summed E-state index contributed by atoms with van der Waals surface area (Å²) in [6.07, 6.45) is 1.70. The SMILES string of the molecule is COc1ccc(/C=C2\SC(=S)N(CC(=O)Nc3cccc(Cl)c3)C2=O)cc1OC. The van der Waals surface area contributed by atoms with E-state index in [4.69, 9.17) is 33.3 Å². The number of anilines is 1. The smallest absolute Gasteiger partial charge is 0.266 e. The maximum atomic E-state index is 12.7. The first-order valence-corrected chi connectivity index (χ1v) is 10.0. The number of rotatable bonds is 6. The Balaban J connectivity index is 1.72. The topological polar surface area (TPSA) is 67.9 Å². The summed E-state index contributed by atoms with van der Waals surface area (Å²) in [5.74, 6) is 0.458. The summed E-state index contributed by atoms with van der Waals surface area (Å²) >= 11 is 12.3. The number of amides is 2. The van der Waals surface area contributed by atoms with E-state index in [2.05, 4.69) is 5.32 Å². The second-order valence-electron chi connectivity index (χ2n) is 5.94. The largest absolute Gasteiger partial charge is 0.493 e. The molecule has 0 radical (unpaired) electrons. The molecule has 0 saturated carbocycles. The van der Waals surface area contributed by atoms with Crippen LogP contribution in [0.5, 0.6) is 11.5 Å². The standard InChI is InChI=1S/C20H17ClN2O4S2/c1-26-15-7-6-12(8-16(15)27-2)9-17-19(25)23(20(28)29-17)11-18(24)22-14-5-3-4-13(21)10-14/h3-10H,11H2,1-2H3,(H,22,24)/b17-9-. The van der Waals surface area contributed by atoms with E-state index < -0.39 is 0 Å². The van der Waals surface area contributed by atoms with Gasteiger partial charge >= 0.3 is 0 Å². The van der Waals surface area contributed by atoms with Crippen molar-refractivity contribution in [1.29, 1.82) is 0 Å². The quantitative estimate of drug-likeness (QED) is 0.527. The number of nitrogens with zero attached hydrogens (tertiary/aromatic N) is 1. The summed E-state index contributed by atoms with van der Waals surface area (Å²) in [7, 11) is 3.09. The number of thiocarbonyl (C=S) groups is 1. The van der Waals surface area contributed by atoms with Crippen molar-refractivity contribution in [3.05, 3.63) is 58.0 Å². The average Bonchev–Trinajstić information content (AvgIpc) is 2.95. The van der Waals surface area contributed by atoms with Crippen LogP contribution in [0.2, 0.25) is 5.02 Å². The van der Waals surface area contributed by atoms with Crippen molar-refractivity contribution in [2.75, 3.05) is 26.1 Å². The summed E-state index contributed by atoms with van der Waals surface area (Å²) < 4.78 is 10.8. The number of methoxy groups -OCH3 is 2. The molecule has 1 fully saturated rings. The molecule has 6 nitrogen and oxygen atoms in total. The number of ether oxygens (including phenoxy) is 2. The van der Waals surface area contributed by atoms with E-state index in [1.54, 1.807) is 62.8 Å². The minimum Gasteiger partial charge on any atom is -0.493 e. The molecule has 2 aromatic carbocycles. The molecule has 1 aliphatic rings. The molecule has 3 rings (SSSR count). The molecule has 9 heteroatoms. The van der Waals surface area contributed by atoms with Crippen LogP contribution < -0.4 is 14.8 Å². The second kappa shape index (κ2) is 9.30. The first-order valence-electron chi connectivity index (χ1n) is 8.44. The first-order chi connectivity index (χ1) is 13.9. The van der Waals surface area contributed by atoms with Crippen molar-refractivity contribution in [2.45, 2.75) is 0 Å². The fourth-order valence-corrected chi connectivity index (χ4v) is 4.09. The Hall–Kier alpha value is -2.55. The molecule has 0 spiro atoms. The molecule has 1 saturated heterocycles. The zero-order valence-electron chi connectivity index (χ0n) is 15.6. The van der Waals surface area contributed by atoms with Crippen LogP contribution in [-0.4, -0.2) is 41.8 Å². The Morgan fingerprint density at radius 1 is 1.21 bits per heavy atom. The Morgan fingerprint density at radius 2 is 1.97 bits per heavy atom. The molecule has 0 atom stereocenters. The number of hydrogen-bond donors (Lipinski definition) is 1. The highest BCUT2D eigenvalue weighted by atomic mass is 35.5. The Morgan fingerprint density at radius 3 is 2.66 bits per heavy atom. The zero-order chi connectivity index (χ0) is 21.0. The number of hydrogen-bond acceptors (Lipinski definition) is 6. The molecule has 0 bridgehead atoms. The lowest BCUT2D eigenvalue weighted by Crippen LogP contribution is -2.36. The van der Waals surface area contributed by atoms with Crippen LogP contribution in [-0.2, 0) is 9.59 Å². The molecule has 0 aromatic heterocycles. The van der Waals surface area contributed by atoms with E-state index in [0.29, 0.717) is 31.4 Å². The lowest BCUT2D eigenvalue weighted by atomic mass is 10.2. The molecular weight excluding hydrogens is 432 g/mol. The maximum absolute atomic E-state index is 12.7. The summed E-state index contributed by atoms with van der Waals surface area (Å²) in [6, 6.07) is 12.1. The van der Waals surface area contributed by atoms with Crippen LogP contribution in [0.15, 0.2) is 47.4 Å². The predicted molar refractivity (Wildman–Crippen MR) is 120 cm³/mol. The number of nitrogens with one attached hydrogen (secondary N) is 1. The van der Waals surface area contributed by atoms with Gasteiger partial charge in [0.15, 0.2) is 11.5 Å². The number of halogens is 1.